The third-order valence-electron chi connectivity index (χ3n) is 2.11. The zero-order valence-electron chi connectivity index (χ0n) is 7.81. The lowest BCUT2D eigenvalue weighted by Gasteiger charge is -2.32. The van der Waals surface area contributed by atoms with Gasteiger partial charge in [-0.2, -0.15) is 0 Å². The van der Waals surface area contributed by atoms with Crippen molar-refractivity contribution in [2.24, 2.45) is 0 Å². The van der Waals surface area contributed by atoms with Gasteiger partial charge in [-0.25, -0.2) is 9.59 Å². The smallest absolute Gasteiger partial charge is 0.410 e. The van der Waals surface area contributed by atoms with E-state index in [9.17, 15) is 9.59 Å². The first-order valence-corrected chi connectivity index (χ1v) is 4.47. The van der Waals surface area contributed by atoms with Crippen LogP contribution in [-0.4, -0.2) is 34.8 Å². The van der Waals surface area contributed by atoms with Gasteiger partial charge in [0.1, 0.15) is 0 Å². The minimum Gasteiger partial charge on any atom is -0.465 e. The summed E-state index contributed by atoms with van der Waals surface area (Å²) in [6, 6.07) is 0. The van der Waals surface area contributed by atoms with Crippen molar-refractivity contribution in [3.63, 3.8) is 0 Å². The first kappa shape index (κ1) is 10.6. The van der Waals surface area contributed by atoms with Crippen LogP contribution < -0.4 is 0 Å². The Balaban J connectivity index is 2.58. The van der Waals surface area contributed by atoms with Crippen LogP contribution in [0.3, 0.4) is 0 Å². The minimum absolute atomic E-state index is 0.421. The maximum absolute atomic E-state index is 10.9. The molecule has 1 amide bonds. The SMILES string of the molecule is C=CC(=O)OC1CCCCN1C(=O)O. The fourth-order valence-electron chi connectivity index (χ4n) is 1.42. The van der Waals surface area contributed by atoms with Crippen molar-refractivity contribution in [1.29, 1.82) is 0 Å². The Morgan fingerprint density at radius 1 is 1.50 bits per heavy atom. The number of carbonyl (C=O) groups is 2. The van der Waals surface area contributed by atoms with Crippen molar-refractivity contribution in [2.45, 2.75) is 25.5 Å². The van der Waals surface area contributed by atoms with Gasteiger partial charge in [0.2, 0.25) is 0 Å². The summed E-state index contributed by atoms with van der Waals surface area (Å²) in [7, 11) is 0. The maximum Gasteiger partial charge on any atom is 0.410 e. The lowest BCUT2D eigenvalue weighted by atomic mass is 10.1. The minimum atomic E-state index is -1.05. The average Bonchev–Trinajstić information content (AvgIpc) is 2.18. The standard InChI is InChI=1S/C9H13NO4/c1-2-8(11)14-7-5-3-4-6-10(7)9(12)13/h2,7H,1,3-6H2,(H,12,13). The van der Waals surface area contributed by atoms with Crippen LogP contribution in [0, 0.1) is 0 Å². The molecule has 5 heteroatoms. The van der Waals surface area contributed by atoms with Gasteiger partial charge in [0, 0.05) is 19.0 Å². The summed E-state index contributed by atoms with van der Waals surface area (Å²) in [6.45, 7) is 3.68. The molecule has 0 spiro atoms. The van der Waals surface area contributed by atoms with Crippen LogP contribution in [0.15, 0.2) is 12.7 Å². The number of nitrogens with zero attached hydrogens (tertiary/aromatic N) is 1. The molecular formula is C9H13NO4. The molecule has 1 unspecified atom stereocenters. The van der Waals surface area contributed by atoms with Crippen LogP contribution >= 0.6 is 0 Å². The number of hydrogen-bond donors (Lipinski definition) is 1. The number of rotatable bonds is 2. The van der Waals surface area contributed by atoms with Gasteiger partial charge in [0.05, 0.1) is 0 Å². The van der Waals surface area contributed by atoms with Gasteiger partial charge < -0.3 is 9.84 Å². The fraction of sp³-hybridized carbons (Fsp3) is 0.556. The van der Waals surface area contributed by atoms with E-state index in [0.717, 1.165) is 23.8 Å². The van der Waals surface area contributed by atoms with Gasteiger partial charge in [-0.1, -0.05) is 6.58 Å². The summed E-state index contributed by atoms with van der Waals surface area (Å²) >= 11 is 0. The van der Waals surface area contributed by atoms with Gasteiger partial charge in [-0.05, 0) is 12.8 Å². The van der Waals surface area contributed by atoms with Gasteiger partial charge in [0.25, 0.3) is 0 Å². The van der Waals surface area contributed by atoms with E-state index in [1.54, 1.807) is 0 Å². The molecule has 0 saturated carbocycles. The molecule has 1 aliphatic rings. The van der Waals surface area contributed by atoms with Crippen LogP contribution in [0.25, 0.3) is 0 Å². The summed E-state index contributed by atoms with van der Waals surface area (Å²) < 4.78 is 4.90. The Morgan fingerprint density at radius 2 is 2.21 bits per heavy atom. The fourth-order valence-corrected chi connectivity index (χ4v) is 1.42. The lowest BCUT2D eigenvalue weighted by molar-refractivity contribution is -0.153. The van der Waals surface area contributed by atoms with Crippen LogP contribution in [0.5, 0.6) is 0 Å². The van der Waals surface area contributed by atoms with E-state index < -0.39 is 18.3 Å². The lowest BCUT2D eigenvalue weighted by Crippen LogP contribution is -2.45. The van der Waals surface area contributed by atoms with Gasteiger partial charge in [-0.15, -0.1) is 0 Å². The molecule has 1 atom stereocenters. The van der Waals surface area contributed by atoms with E-state index in [-0.39, 0.29) is 0 Å². The molecule has 0 aromatic carbocycles. The van der Waals surface area contributed by atoms with Crippen molar-refractivity contribution in [3.8, 4) is 0 Å². The van der Waals surface area contributed by atoms with Crippen LogP contribution in [0.1, 0.15) is 19.3 Å². The molecular weight excluding hydrogens is 186 g/mol. The predicted molar refractivity (Wildman–Crippen MR) is 48.7 cm³/mol. The number of piperidine rings is 1. The molecule has 1 heterocycles. The van der Waals surface area contributed by atoms with Crippen LogP contribution in [0.4, 0.5) is 4.79 Å². The van der Waals surface area contributed by atoms with Crippen molar-refractivity contribution >= 4 is 12.1 Å². The molecule has 1 N–H and O–H groups in total. The number of hydrogen-bond acceptors (Lipinski definition) is 3. The Hall–Kier alpha value is -1.52. The molecule has 78 valence electrons. The molecule has 1 aliphatic heterocycles. The van der Waals surface area contributed by atoms with E-state index in [1.165, 1.54) is 0 Å². The first-order chi connectivity index (χ1) is 6.65. The third-order valence-corrected chi connectivity index (χ3v) is 2.11. The van der Waals surface area contributed by atoms with Crippen LogP contribution in [-0.2, 0) is 9.53 Å². The zero-order valence-corrected chi connectivity index (χ0v) is 7.81. The molecule has 14 heavy (non-hydrogen) atoms. The second-order valence-corrected chi connectivity index (χ2v) is 3.07. The summed E-state index contributed by atoms with van der Waals surface area (Å²) in [5.41, 5.74) is 0. The number of likely N-dealkylation sites (tertiary alicyclic amines) is 1. The second-order valence-electron chi connectivity index (χ2n) is 3.07. The molecule has 0 aliphatic carbocycles. The van der Waals surface area contributed by atoms with E-state index in [1.807, 2.05) is 0 Å². The predicted octanol–water partition coefficient (Wildman–Crippen LogP) is 1.21. The molecule has 1 fully saturated rings. The van der Waals surface area contributed by atoms with Crippen molar-refractivity contribution < 1.29 is 19.4 Å². The van der Waals surface area contributed by atoms with Gasteiger partial charge in [-0.3, -0.25) is 4.90 Å². The maximum atomic E-state index is 10.9. The van der Waals surface area contributed by atoms with E-state index >= 15 is 0 Å². The van der Waals surface area contributed by atoms with Gasteiger partial charge >= 0.3 is 12.1 Å². The highest BCUT2D eigenvalue weighted by Crippen LogP contribution is 2.18. The monoisotopic (exact) mass is 199 g/mol. The highest BCUT2D eigenvalue weighted by Gasteiger charge is 2.28. The largest absolute Gasteiger partial charge is 0.465 e. The Morgan fingerprint density at radius 3 is 2.79 bits per heavy atom. The average molecular weight is 199 g/mol. The van der Waals surface area contributed by atoms with Crippen molar-refractivity contribution in [1.82, 2.24) is 4.90 Å². The zero-order chi connectivity index (χ0) is 10.6. The Bertz CT molecular complexity index is 251. The molecule has 1 rings (SSSR count). The van der Waals surface area contributed by atoms with Crippen molar-refractivity contribution in [3.05, 3.63) is 12.7 Å². The molecule has 0 bridgehead atoms. The summed E-state index contributed by atoms with van der Waals surface area (Å²) in [5.74, 6) is -0.580. The molecule has 5 nitrogen and oxygen atoms in total. The van der Waals surface area contributed by atoms with Gasteiger partial charge in [0.15, 0.2) is 6.23 Å². The summed E-state index contributed by atoms with van der Waals surface area (Å²) in [5, 5.41) is 8.80. The number of amides is 1. The first-order valence-electron chi connectivity index (χ1n) is 4.47. The summed E-state index contributed by atoms with van der Waals surface area (Å²) in [6.07, 6.45) is 1.59. The van der Waals surface area contributed by atoms with E-state index in [4.69, 9.17) is 9.84 Å². The number of ether oxygens (including phenoxy) is 1. The number of esters is 1. The Kier molecular flexibility index (Phi) is 3.50. The quantitative estimate of drug-likeness (QED) is 0.536. The van der Waals surface area contributed by atoms with E-state index in [0.29, 0.717) is 13.0 Å². The molecule has 0 aromatic heterocycles. The highest BCUT2D eigenvalue weighted by atomic mass is 16.6. The topological polar surface area (TPSA) is 66.8 Å². The molecule has 0 radical (unpaired) electrons. The highest BCUT2D eigenvalue weighted by molar-refractivity contribution is 5.81. The van der Waals surface area contributed by atoms with E-state index in [2.05, 4.69) is 6.58 Å². The van der Waals surface area contributed by atoms with Crippen molar-refractivity contribution in [2.75, 3.05) is 6.54 Å². The molecule has 0 aromatic rings. The Labute approximate surface area is 82.0 Å². The second kappa shape index (κ2) is 4.64. The summed E-state index contributed by atoms with van der Waals surface area (Å²) in [4.78, 5) is 22.8. The normalized spacial score (nSPS) is 21.4. The number of carboxylic acid groups (broad SMARTS) is 1. The third kappa shape index (κ3) is 2.48. The van der Waals surface area contributed by atoms with Crippen LogP contribution in [0.2, 0.25) is 0 Å². The number of carbonyl (C=O) groups excluding carboxylic acids is 1. The molecule has 1 saturated heterocycles.